The Kier molecular flexibility index (Phi) is 7.85. The first-order valence-corrected chi connectivity index (χ1v) is 12.7. The number of pyridine rings is 1. The molecule has 202 valence electrons. The summed E-state index contributed by atoms with van der Waals surface area (Å²) in [5.74, 6) is -1.91. The van der Waals surface area contributed by atoms with Gasteiger partial charge in [0, 0.05) is 18.1 Å². The lowest BCUT2D eigenvalue weighted by Crippen LogP contribution is -2.29. The van der Waals surface area contributed by atoms with E-state index in [4.69, 9.17) is 9.47 Å². The second-order valence-corrected chi connectivity index (χ2v) is 10.3. The van der Waals surface area contributed by atoms with Gasteiger partial charge in [0.05, 0.1) is 37.3 Å². The Bertz CT molecular complexity index is 1420. The quantitative estimate of drug-likeness (QED) is 0.196. The van der Waals surface area contributed by atoms with Crippen LogP contribution in [0.3, 0.4) is 0 Å². The van der Waals surface area contributed by atoms with Crippen molar-refractivity contribution in [3.8, 4) is 5.75 Å². The summed E-state index contributed by atoms with van der Waals surface area (Å²) in [6.07, 6.45) is 3.24. The smallest absolute Gasteiger partial charge is 0.310 e. The lowest BCUT2D eigenvalue weighted by molar-refractivity contribution is -0.142. The summed E-state index contributed by atoms with van der Waals surface area (Å²) in [5.41, 5.74) is 2.65. The maximum absolute atomic E-state index is 13.5. The Morgan fingerprint density at radius 3 is 2.38 bits per heavy atom. The molecule has 2 aromatic carbocycles. The SMILES string of the molecule is CCOC(=O)Cc1ccc(N2C(=O)C(=O)/C(=C(/O)c3cc(C(C)(C)C)ccc3OC)C2c2cccnc2)cc1. The number of nitrogens with zero attached hydrogens (tertiary/aromatic N) is 2. The van der Waals surface area contributed by atoms with E-state index in [-0.39, 0.29) is 35.7 Å². The van der Waals surface area contributed by atoms with Crippen molar-refractivity contribution in [2.24, 2.45) is 0 Å². The summed E-state index contributed by atoms with van der Waals surface area (Å²) in [4.78, 5) is 44.4. The predicted molar refractivity (Wildman–Crippen MR) is 147 cm³/mol. The molecule has 0 aliphatic carbocycles. The minimum atomic E-state index is -0.933. The Morgan fingerprint density at radius 2 is 1.79 bits per heavy atom. The lowest BCUT2D eigenvalue weighted by Gasteiger charge is -2.26. The van der Waals surface area contributed by atoms with Crippen LogP contribution in [0.1, 0.15) is 56.0 Å². The highest BCUT2D eigenvalue weighted by Crippen LogP contribution is 2.43. The highest BCUT2D eigenvalue weighted by Gasteiger charge is 2.47. The third-order valence-electron chi connectivity index (χ3n) is 6.63. The summed E-state index contributed by atoms with van der Waals surface area (Å²) in [7, 11) is 1.48. The average molecular weight is 529 g/mol. The molecular weight excluding hydrogens is 496 g/mol. The lowest BCUT2D eigenvalue weighted by atomic mass is 9.85. The zero-order valence-corrected chi connectivity index (χ0v) is 22.7. The number of methoxy groups -OCH3 is 1. The van der Waals surface area contributed by atoms with Gasteiger partial charge in [-0.25, -0.2) is 0 Å². The molecule has 39 heavy (non-hydrogen) atoms. The molecule has 0 spiro atoms. The molecule has 3 aromatic rings. The molecule has 1 unspecified atom stereocenters. The summed E-state index contributed by atoms with van der Waals surface area (Å²) in [6.45, 7) is 8.15. The fourth-order valence-electron chi connectivity index (χ4n) is 4.61. The predicted octanol–water partition coefficient (Wildman–Crippen LogP) is 5.12. The van der Waals surface area contributed by atoms with E-state index in [1.807, 2.05) is 26.8 Å². The maximum atomic E-state index is 13.5. The fourth-order valence-corrected chi connectivity index (χ4v) is 4.61. The second kappa shape index (κ2) is 11.1. The van der Waals surface area contributed by atoms with Gasteiger partial charge in [-0.1, -0.05) is 45.0 Å². The highest BCUT2D eigenvalue weighted by molar-refractivity contribution is 6.51. The van der Waals surface area contributed by atoms with Gasteiger partial charge >= 0.3 is 5.97 Å². The molecule has 4 rings (SSSR count). The number of hydrogen-bond acceptors (Lipinski definition) is 7. The van der Waals surface area contributed by atoms with E-state index in [0.29, 0.717) is 28.1 Å². The van der Waals surface area contributed by atoms with Gasteiger partial charge in [0.25, 0.3) is 11.7 Å². The number of benzene rings is 2. The number of amides is 1. The molecule has 8 heteroatoms. The van der Waals surface area contributed by atoms with Gasteiger partial charge in [-0.2, -0.15) is 0 Å². The number of anilines is 1. The molecule has 1 N–H and O–H groups in total. The van der Waals surface area contributed by atoms with Crippen LogP contribution in [0.15, 0.2) is 72.6 Å². The number of ketones is 1. The van der Waals surface area contributed by atoms with Crippen LogP contribution in [-0.2, 0) is 31.0 Å². The Labute approximate surface area is 227 Å². The number of hydrogen-bond donors (Lipinski definition) is 1. The molecule has 1 aromatic heterocycles. The van der Waals surface area contributed by atoms with Crippen molar-refractivity contribution in [1.82, 2.24) is 4.98 Å². The van der Waals surface area contributed by atoms with Crippen LogP contribution in [-0.4, -0.2) is 41.5 Å². The Hall–Kier alpha value is -4.46. The van der Waals surface area contributed by atoms with Crippen LogP contribution in [0.4, 0.5) is 5.69 Å². The number of aromatic nitrogens is 1. The van der Waals surface area contributed by atoms with E-state index in [1.165, 1.54) is 12.0 Å². The first-order valence-electron chi connectivity index (χ1n) is 12.7. The van der Waals surface area contributed by atoms with E-state index < -0.39 is 17.7 Å². The first-order chi connectivity index (χ1) is 18.6. The van der Waals surface area contributed by atoms with E-state index in [1.54, 1.807) is 67.8 Å². The number of carbonyl (C=O) groups is 3. The summed E-state index contributed by atoms with van der Waals surface area (Å²) in [6, 6.07) is 14.7. The maximum Gasteiger partial charge on any atom is 0.310 e. The van der Waals surface area contributed by atoms with Crippen molar-refractivity contribution in [1.29, 1.82) is 0 Å². The van der Waals surface area contributed by atoms with Crippen LogP contribution < -0.4 is 9.64 Å². The van der Waals surface area contributed by atoms with Gasteiger partial charge < -0.3 is 14.6 Å². The van der Waals surface area contributed by atoms with E-state index in [2.05, 4.69) is 4.98 Å². The van der Waals surface area contributed by atoms with Crippen molar-refractivity contribution in [3.05, 3.63) is 94.8 Å². The average Bonchev–Trinajstić information content (AvgIpc) is 3.18. The normalized spacial score (nSPS) is 16.8. The Morgan fingerprint density at radius 1 is 1.08 bits per heavy atom. The molecule has 1 saturated heterocycles. The van der Waals surface area contributed by atoms with Crippen LogP contribution in [0.5, 0.6) is 5.75 Å². The minimum absolute atomic E-state index is 0.0621. The van der Waals surface area contributed by atoms with Gasteiger partial charge in [0.2, 0.25) is 0 Å². The molecule has 1 fully saturated rings. The van der Waals surface area contributed by atoms with Crippen LogP contribution >= 0.6 is 0 Å². The largest absolute Gasteiger partial charge is 0.507 e. The zero-order valence-electron chi connectivity index (χ0n) is 22.7. The number of rotatable bonds is 7. The number of carbonyl (C=O) groups excluding carboxylic acids is 3. The third-order valence-corrected chi connectivity index (χ3v) is 6.63. The van der Waals surface area contributed by atoms with Crippen molar-refractivity contribution in [2.45, 2.75) is 45.6 Å². The van der Waals surface area contributed by atoms with Crippen molar-refractivity contribution in [2.75, 3.05) is 18.6 Å². The second-order valence-electron chi connectivity index (χ2n) is 10.3. The van der Waals surface area contributed by atoms with Crippen molar-refractivity contribution >= 4 is 29.1 Å². The van der Waals surface area contributed by atoms with Gasteiger partial charge in [0.1, 0.15) is 11.5 Å². The molecule has 1 aliphatic heterocycles. The standard InChI is InChI=1S/C31H32N2O6/c1-6-39-25(34)16-19-9-12-22(13-10-19)33-27(20-8-7-15-32-18-20)26(29(36)30(33)37)28(35)23-17-21(31(2,3)4)11-14-24(23)38-5/h7-15,17-18,27,35H,6,16H2,1-5H3/b28-26+. The molecule has 0 radical (unpaired) electrons. The zero-order chi connectivity index (χ0) is 28.3. The molecule has 0 bridgehead atoms. The third kappa shape index (κ3) is 5.55. The number of ether oxygens (including phenoxy) is 2. The number of Topliss-reactive ketones (excluding diaryl/α,β-unsaturated/α-hetero) is 1. The van der Waals surface area contributed by atoms with Gasteiger partial charge in [-0.15, -0.1) is 0 Å². The number of aliphatic hydroxyl groups excluding tert-OH is 1. The molecule has 1 amide bonds. The number of aliphatic hydroxyl groups is 1. The fraction of sp³-hybridized carbons (Fsp3) is 0.290. The molecule has 1 aliphatic rings. The van der Waals surface area contributed by atoms with Crippen molar-refractivity contribution in [3.63, 3.8) is 0 Å². The molecule has 8 nitrogen and oxygen atoms in total. The molecule has 0 saturated carbocycles. The summed E-state index contributed by atoms with van der Waals surface area (Å²) < 4.78 is 10.5. The van der Waals surface area contributed by atoms with Gasteiger partial charge in [0.15, 0.2) is 0 Å². The molecule has 2 heterocycles. The van der Waals surface area contributed by atoms with Gasteiger partial charge in [-0.3, -0.25) is 24.3 Å². The van der Waals surface area contributed by atoms with Gasteiger partial charge in [-0.05, 0) is 59.4 Å². The molecule has 1 atom stereocenters. The van der Waals surface area contributed by atoms with Crippen LogP contribution in [0, 0.1) is 0 Å². The minimum Gasteiger partial charge on any atom is -0.507 e. The highest BCUT2D eigenvalue weighted by atomic mass is 16.5. The van der Waals surface area contributed by atoms with E-state index in [9.17, 15) is 19.5 Å². The monoisotopic (exact) mass is 528 g/mol. The van der Waals surface area contributed by atoms with Crippen LogP contribution in [0.2, 0.25) is 0 Å². The van der Waals surface area contributed by atoms with E-state index >= 15 is 0 Å². The number of esters is 1. The van der Waals surface area contributed by atoms with E-state index in [0.717, 1.165) is 5.56 Å². The molecular formula is C31H32N2O6. The summed E-state index contributed by atoms with van der Waals surface area (Å²) in [5, 5.41) is 11.6. The van der Waals surface area contributed by atoms with Crippen molar-refractivity contribution < 1.29 is 29.0 Å². The first kappa shape index (κ1) is 27.6. The summed E-state index contributed by atoms with van der Waals surface area (Å²) >= 11 is 0. The van der Waals surface area contributed by atoms with Crippen LogP contribution in [0.25, 0.3) is 5.76 Å². The topological polar surface area (TPSA) is 106 Å². The Balaban J connectivity index is 1.86.